The molecule has 21 heavy (non-hydrogen) atoms. The molecule has 1 aromatic rings. The first-order valence-electron chi connectivity index (χ1n) is 6.66. The third-order valence-electron chi connectivity index (χ3n) is 3.66. The van der Waals surface area contributed by atoms with Crippen LogP contribution >= 0.6 is 0 Å². The molecule has 7 heteroatoms. The number of sulfonamides is 1. The predicted octanol–water partition coefficient (Wildman–Crippen LogP) is 0.766. The van der Waals surface area contributed by atoms with Crippen molar-refractivity contribution in [3.05, 3.63) is 29.3 Å². The summed E-state index contributed by atoms with van der Waals surface area (Å²) in [7, 11) is -2.29. The van der Waals surface area contributed by atoms with Gasteiger partial charge in [-0.25, -0.2) is 8.42 Å². The lowest BCUT2D eigenvalue weighted by Crippen LogP contribution is -2.44. The van der Waals surface area contributed by atoms with Gasteiger partial charge >= 0.3 is 0 Å². The van der Waals surface area contributed by atoms with Gasteiger partial charge < -0.3 is 5.32 Å². The molecule has 1 atom stereocenters. The molecule has 0 aliphatic carbocycles. The largest absolute Gasteiger partial charge is 0.358 e. The summed E-state index contributed by atoms with van der Waals surface area (Å²) in [5.41, 5.74) is 0.853. The maximum absolute atomic E-state index is 12.8. The van der Waals surface area contributed by atoms with Gasteiger partial charge in [0.1, 0.15) is 6.04 Å². The molecule has 6 nitrogen and oxygen atoms in total. The van der Waals surface area contributed by atoms with Crippen molar-refractivity contribution in [2.45, 2.75) is 30.7 Å². The van der Waals surface area contributed by atoms with Gasteiger partial charge in [0.05, 0.1) is 16.5 Å². The van der Waals surface area contributed by atoms with Crippen LogP contribution in [0.1, 0.15) is 24.0 Å². The summed E-state index contributed by atoms with van der Waals surface area (Å²) >= 11 is 0. The van der Waals surface area contributed by atoms with Crippen LogP contribution in [0.25, 0.3) is 0 Å². The van der Waals surface area contributed by atoms with E-state index in [0.29, 0.717) is 24.9 Å². The molecule has 1 aromatic carbocycles. The molecule has 1 fully saturated rings. The van der Waals surface area contributed by atoms with Crippen LogP contribution in [0.4, 0.5) is 0 Å². The molecule has 0 spiro atoms. The minimum Gasteiger partial charge on any atom is -0.358 e. The Kier molecular flexibility index (Phi) is 4.30. The van der Waals surface area contributed by atoms with Gasteiger partial charge in [0.2, 0.25) is 15.9 Å². The SMILES string of the molecule is CNC(=O)C1CCCN1S(=O)(=O)c1cc(C#N)ccc1C. The lowest BCUT2D eigenvalue weighted by atomic mass is 10.2. The Hall–Kier alpha value is -1.91. The minimum absolute atomic E-state index is 0.0948. The predicted molar refractivity (Wildman–Crippen MR) is 76.9 cm³/mol. The molecule has 0 saturated carbocycles. The quantitative estimate of drug-likeness (QED) is 0.893. The number of nitrogens with zero attached hydrogens (tertiary/aromatic N) is 2. The fraction of sp³-hybridized carbons (Fsp3) is 0.429. The zero-order chi connectivity index (χ0) is 15.6. The Labute approximate surface area is 124 Å². The number of amides is 1. The van der Waals surface area contributed by atoms with Gasteiger partial charge in [-0.05, 0) is 37.5 Å². The highest BCUT2D eigenvalue weighted by Gasteiger charge is 2.39. The maximum atomic E-state index is 12.8. The number of likely N-dealkylation sites (N-methyl/N-ethyl adjacent to an activating group) is 1. The summed E-state index contributed by atoms with van der Waals surface area (Å²) in [6, 6.07) is 5.81. The van der Waals surface area contributed by atoms with Crippen molar-refractivity contribution in [3.63, 3.8) is 0 Å². The van der Waals surface area contributed by atoms with Crippen LogP contribution in [-0.4, -0.2) is 38.3 Å². The lowest BCUT2D eigenvalue weighted by molar-refractivity contribution is -0.123. The molecular formula is C14H17N3O3S. The first kappa shape index (κ1) is 15.5. The Balaban J connectivity index is 2.47. The van der Waals surface area contributed by atoms with Gasteiger partial charge in [-0.2, -0.15) is 9.57 Å². The number of aryl methyl sites for hydroxylation is 1. The Bertz CT molecular complexity index is 707. The van der Waals surface area contributed by atoms with E-state index in [-0.39, 0.29) is 16.4 Å². The van der Waals surface area contributed by atoms with E-state index < -0.39 is 16.1 Å². The van der Waals surface area contributed by atoms with Crippen molar-refractivity contribution >= 4 is 15.9 Å². The molecule has 0 aromatic heterocycles. The molecule has 0 bridgehead atoms. The van der Waals surface area contributed by atoms with E-state index in [0.717, 1.165) is 0 Å². The second-order valence-electron chi connectivity index (χ2n) is 4.98. The molecular weight excluding hydrogens is 290 g/mol. The summed E-state index contributed by atoms with van der Waals surface area (Å²) in [6.45, 7) is 2.00. The number of hydrogen-bond acceptors (Lipinski definition) is 4. The first-order valence-corrected chi connectivity index (χ1v) is 8.10. The fourth-order valence-corrected chi connectivity index (χ4v) is 4.44. The van der Waals surface area contributed by atoms with Crippen LogP contribution in [0.15, 0.2) is 23.1 Å². The van der Waals surface area contributed by atoms with Crippen LogP contribution in [0.2, 0.25) is 0 Å². The van der Waals surface area contributed by atoms with Crippen molar-refractivity contribution in [2.75, 3.05) is 13.6 Å². The molecule has 1 amide bonds. The average molecular weight is 307 g/mol. The number of benzene rings is 1. The van der Waals surface area contributed by atoms with Gasteiger partial charge in [0.15, 0.2) is 0 Å². The molecule has 1 aliphatic heterocycles. The van der Waals surface area contributed by atoms with Crippen LogP contribution in [0.5, 0.6) is 0 Å². The smallest absolute Gasteiger partial charge is 0.244 e. The molecule has 2 rings (SSSR count). The topological polar surface area (TPSA) is 90.3 Å². The number of carbonyl (C=O) groups is 1. The molecule has 112 valence electrons. The summed E-state index contributed by atoms with van der Waals surface area (Å²) in [4.78, 5) is 11.9. The number of rotatable bonds is 3. The van der Waals surface area contributed by atoms with Crippen molar-refractivity contribution in [1.82, 2.24) is 9.62 Å². The molecule has 1 aliphatic rings. The van der Waals surface area contributed by atoms with E-state index in [1.165, 1.54) is 17.4 Å². The molecule has 1 N–H and O–H groups in total. The second kappa shape index (κ2) is 5.84. The molecule has 0 radical (unpaired) electrons. The van der Waals surface area contributed by atoms with Gasteiger partial charge in [0, 0.05) is 13.6 Å². The summed E-state index contributed by atoms with van der Waals surface area (Å²) in [6.07, 6.45) is 1.16. The lowest BCUT2D eigenvalue weighted by Gasteiger charge is -2.23. The zero-order valence-electron chi connectivity index (χ0n) is 12.0. The van der Waals surface area contributed by atoms with Crippen molar-refractivity contribution in [3.8, 4) is 6.07 Å². The van der Waals surface area contributed by atoms with E-state index in [4.69, 9.17) is 5.26 Å². The number of hydrogen-bond donors (Lipinski definition) is 1. The van der Waals surface area contributed by atoms with Crippen LogP contribution in [-0.2, 0) is 14.8 Å². The Morgan fingerprint density at radius 1 is 1.48 bits per heavy atom. The van der Waals surface area contributed by atoms with Gasteiger partial charge in [-0.3, -0.25) is 4.79 Å². The third-order valence-corrected chi connectivity index (χ3v) is 5.71. The normalized spacial score (nSPS) is 19.2. The standard InChI is InChI=1S/C14H17N3O3S/c1-10-5-6-11(9-15)8-13(10)21(19,20)17-7-3-4-12(17)14(18)16-2/h5-6,8,12H,3-4,7H2,1-2H3,(H,16,18). The first-order chi connectivity index (χ1) is 9.91. The molecule has 1 heterocycles. The monoisotopic (exact) mass is 307 g/mol. The van der Waals surface area contributed by atoms with Gasteiger partial charge in [-0.1, -0.05) is 6.07 Å². The van der Waals surface area contributed by atoms with E-state index >= 15 is 0 Å². The summed E-state index contributed by atoms with van der Waals surface area (Å²) in [5, 5.41) is 11.4. The molecule has 1 unspecified atom stereocenters. The van der Waals surface area contributed by atoms with E-state index in [1.54, 1.807) is 19.1 Å². The average Bonchev–Trinajstić information content (AvgIpc) is 2.97. The zero-order valence-corrected chi connectivity index (χ0v) is 12.8. The van der Waals surface area contributed by atoms with Crippen LogP contribution in [0, 0.1) is 18.3 Å². The van der Waals surface area contributed by atoms with Gasteiger partial charge in [0.25, 0.3) is 0 Å². The number of carbonyl (C=O) groups excluding carboxylic acids is 1. The summed E-state index contributed by atoms with van der Waals surface area (Å²) in [5.74, 6) is -0.301. The number of nitriles is 1. The van der Waals surface area contributed by atoms with Gasteiger partial charge in [-0.15, -0.1) is 0 Å². The number of nitrogens with one attached hydrogen (secondary N) is 1. The van der Waals surface area contributed by atoms with Crippen molar-refractivity contribution in [2.24, 2.45) is 0 Å². The van der Waals surface area contributed by atoms with Crippen molar-refractivity contribution < 1.29 is 13.2 Å². The fourth-order valence-electron chi connectivity index (χ4n) is 2.53. The Morgan fingerprint density at radius 2 is 2.19 bits per heavy atom. The molecule has 1 saturated heterocycles. The van der Waals surface area contributed by atoms with Crippen molar-refractivity contribution in [1.29, 1.82) is 5.26 Å². The maximum Gasteiger partial charge on any atom is 0.244 e. The highest BCUT2D eigenvalue weighted by atomic mass is 32.2. The van der Waals surface area contributed by atoms with Crippen LogP contribution < -0.4 is 5.32 Å². The van der Waals surface area contributed by atoms with Crippen LogP contribution in [0.3, 0.4) is 0 Å². The second-order valence-corrected chi connectivity index (χ2v) is 6.84. The minimum atomic E-state index is -3.78. The van der Waals surface area contributed by atoms with E-state index in [1.807, 2.05) is 6.07 Å². The highest BCUT2D eigenvalue weighted by Crippen LogP contribution is 2.28. The Morgan fingerprint density at radius 3 is 2.81 bits per heavy atom. The van der Waals surface area contributed by atoms with E-state index in [9.17, 15) is 13.2 Å². The summed E-state index contributed by atoms with van der Waals surface area (Å²) < 4.78 is 26.8. The highest BCUT2D eigenvalue weighted by molar-refractivity contribution is 7.89. The third kappa shape index (κ3) is 2.77. The van der Waals surface area contributed by atoms with E-state index in [2.05, 4.69) is 5.32 Å².